The Balaban J connectivity index is 2.14. The van der Waals surface area contributed by atoms with Crippen molar-refractivity contribution in [2.45, 2.75) is 6.54 Å². The van der Waals surface area contributed by atoms with Crippen molar-refractivity contribution in [1.82, 2.24) is 19.7 Å². The second-order valence-corrected chi connectivity index (χ2v) is 3.40. The number of anilines is 2. The Morgan fingerprint density at radius 1 is 1.41 bits per heavy atom. The number of hydrogen-bond donors (Lipinski definition) is 2. The molecule has 0 amide bonds. The van der Waals surface area contributed by atoms with Crippen molar-refractivity contribution in [1.29, 1.82) is 0 Å². The van der Waals surface area contributed by atoms with Crippen LogP contribution in [-0.2, 0) is 13.6 Å². The number of nitrogens with one attached hydrogen (secondary N) is 1. The summed E-state index contributed by atoms with van der Waals surface area (Å²) >= 11 is 0. The van der Waals surface area contributed by atoms with Crippen LogP contribution in [0.25, 0.3) is 0 Å². The van der Waals surface area contributed by atoms with Gasteiger partial charge in [-0.1, -0.05) is 0 Å². The van der Waals surface area contributed by atoms with Gasteiger partial charge in [0.15, 0.2) is 29.1 Å². The molecule has 90 valence electrons. The zero-order valence-corrected chi connectivity index (χ0v) is 8.98. The highest BCUT2D eigenvalue weighted by Gasteiger charge is 2.10. The van der Waals surface area contributed by atoms with E-state index in [1.807, 2.05) is 0 Å². The van der Waals surface area contributed by atoms with Crippen LogP contribution >= 0.6 is 0 Å². The largest absolute Gasteiger partial charge is 0.381 e. The Bertz CT molecular complexity index is 538. The van der Waals surface area contributed by atoms with Gasteiger partial charge in [0.25, 0.3) is 0 Å². The summed E-state index contributed by atoms with van der Waals surface area (Å²) in [5.41, 5.74) is 5.24. The molecule has 0 saturated heterocycles. The third kappa shape index (κ3) is 2.30. The van der Waals surface area contributed by atoms with Gasteiger partial charge in [-0.3, -0.25) is 0 Å². The average Bonchev–Trinajstić information content (AvgIpc) is 2.68. The lowest BCUT2D eigenvalue weighted by Crippen LogP contribution is -2.10. The molecule has 0 atom stereocenters. The zero-order chi connectivity index (χ0) is 12.4. The van der Waals surface area contributed by atoms with E-state index < -0.39 is 11.6 Å². The number of halogens is 2. The summed E-state index contributed by atoms with van der Waals surface area (Å²) in [6.07, 6.45) is 1.51. The number of hydrogen-bond acceptors (Lipinski definition) is 5. The molecular weight excluding hydrogens is 230 g/mol. The number of nitrogens with two attached hydrogens (primary N) is 1. The fourth-order valence-corrected chi connectivity index (χ4v) is 1.23. The number of nitrogens with zero attached hydrogens (tertiary/aromatic N) is 4. The van der Waals surface area contributed by atoms with E-state index in [-0.39, 0.29) is 18.2 Å². The molecule has 3 N–H and O–H groups in total. The van der Waals surface area contributed by atoms with Crippen LogP contribution in [0.2, 0.25) is 0 Å². The van der Waals surface area contributed by atoms with Gasteiger partial charge in [0, 0.05) is 13.1 Å². The van der Waals surface area contributed by atoms with Gasteiger partial charge in [-0.15, -0.1) is 10.2 Å². The highest BCUT2D eigenvalue weighted by Crippen LogP contribution is 2.16. The van der Waals surface area contributed by atoms with E-state index in [0.29, 0.717) is 11.9 Å². The van der Waals surface area contributed by atoms with Crippen molar-refractivity contribution in [3.8, 4) is 0 Å². The van der Waals surface area contributed by atoms with Gasteiger partial charge in [0.2, 0.25) is 0 Å². The number of pyridine rings is 1. The third-order valence-corrected chi connectivity index (χ3v) is 2.18. The maximum Gasteiger partial charge on any atom is 0.168 e. The quantitative estimate of drug-likeness (QED) is 0.824. The number of nitrogen functional groups attached to an aromatic ring is 1. The van der Waals surface area contributed by atoms with Gasteiger partial charge in [-0.05, 0) is 0 Å². The van der Waals surface area contributed by atoms with Crippen LogP contribution in [0.15, 0.2) is 12.4 Å². The van der Waals surface area contributed by atoms with Crippen LogP contribution in [-0.4, -0.2) is 19.7 Å². The van der Waals surface area contributed by atoms with E-state index >= 15 is 0 Å². The minimum atomic E-state index is -0.883. The van der Waals surface area contributed by atoms with Crippen LogP contribution in [0.5, 0.6) is 0 Å². The van der Waals surface area contributed by atoms with Crippen LogP contribution in [0, 0.1) is 11.6 Å². The first kappa shape index (κ1) is 11.2. The molecule has 2 aromatic rings. The fourth-order valence-electron chi connectivity index (χ4n) is 1.23. The van der Waals surface area contributed by atoms with Gasteiger partial charge in [-0.25, -0.2) is 13.8 Å². The zero-order valence-electron chi connectivity index (χ0n) is 8.98. The Kier molecular flexibility index (Phi) is 2.86. The molecule has 17 heavy (non-hydrogen) atoms. The summed E-state index contributed by atoms with van der Waals surface area (Å²) in [7, 11) is 1.75. The van der Waals surface area contributed by atoms with Gasteiger partial charge in [0.1, 0.15) is 6.33 Å². The summed E-state index contributed by atoms with van der Waals surface area (Å²) in [6.45, 7) is 0.214. The molecule has 0 unspecified atom stereocenters. The summed E-state index contributed by atoms with van der Waals surface area (Å²) in [4.78, 5) is 3.56. The van der Waals surface area contributed by atoms with Crippen molar-refractivity contribution in [3.05, 3.63) is 29.9 Å². The van der Waals surface area contributed by atoms with Gasteiger partial charge < -0.3 is 15.6 Å². The number of rotatable bonds is 3. The summed E-state index contributed by atoms with van der Waals surface area (Å²) in [5, 5.41) is 10.1. The van der Waals surface area contributed by atoms with Crippen molar-refractivity contribution < 1.29 is 8.78 Å². The average molecular weight is 240 g/mol. The molecule has 0 radical (unpaired) electrons. The van der Waals surface area contributed by atoms with Crippen LogP contribution in [0.3, 0.4) is 0 Å². The predicted octanol–water partition coefficient (Wildman–Crippen LogP) is 0.683. The first-order chi connectivity index (χ1) is 8.08. The van der Waals surface area contributed by atoms with Crippen LogP contribution < -0.4 is 11.1 Å². The molecule has 2 aromatic heterocycles. The Morgan fingerprint density at radius 2 is 2.18 bits per heavy atom. The molecule has 2 rings (SSSR count). The fraction of sp³-hybridized carbons (Fsp3) is 0.222. The van der Waals surface area contributed by atoms with Gasteiger partial charge in [-0.2, -0.15) is 0 Å². The molecule has 0 aromatic carbocycles. The summed E-state index contributed by atoms with van der Waals surface area (Å²) in [6, 6.07) is 0.682. The Labute approximate surface area is 95.5 Å². The van der Waals surface area contributed by atoms with Gasteiger partial charge in [0.05, 0.1) is 6.54 Å². The second kappa shape index (κ2) is 4.32. The molecule has 0 aliphatic rings. The van der Waals surface area contributed by atoms with Crippen LogP contribution in [0.4, 0.5) is 20.4 Å². The highest BCUT2D eigenvalue weighted by molar-refractivity contribution is 5.44. The van der Waals surface area contributed by atoms with E-state index in [4.69, 9.17) is 5.73 Å². The Hall–Kier alpha value is -2.25. The molecular formula is C9H10F2N6. The van der Waals surface area contributed by atoms with Crippen molar-refractivity contribution >= 4 is 11.6 Å². The molecule has 0 aliphatic heterocycles. The van der Waals surface area contributed by atoms with Gasteiger partial charge >= 0.3 is 0 Å². The molecule has 8 heteroatoms. The van der Waals surface area contributed by atoms with E-state index in [9.17, 15) is 8.78 Å². The smallest absolute Gasteiger partial charge is 0.168 e. The lowest BCUT2D eigenvalue weighted by molar-refractivity contribution is 0.579. The molecule has 2 heterocycles. The first-order valence-corrected chi connectivity index (χ1v) is 4.76. The third-order valence-electron chi connectivity index (χ3n) is 2.18. The van der Waals surface area contributed by atoms with Crippen molar-refractivity contribution in [2.75, 3.05) is 11.1 Å². The lowest BCUT2D eigenvalue weighted by atomic mass is 10.4. The highest BCUT2D eigenvalue weighted by atomic mass is 19.1. The first-order valence-electron chi connectivity index (χ1n) is 4.76. The normalized spacial score (nSPS) is 10.5. The summed E-state index contributed by atoms with van der Waals surface area (Å²) < 4.78 is 27.8. The monoisotopic (exact) mass is 240 g/mol. The standard InChI is InChI=1S/C9H10F2N6/c1-17-4-14-16-7(17)3-13-9-6(11)2-5(10)8(12)15-9/h2,4H,3H2,1H3,(H3,12,13,15). The minimum Gasteiger partial charge on any atom is -0.381 e. The topological polar surface area (TPSA) is 81.7 Å². The predicted molar refractivity (Wildman–Crippen MR) is 56.9 cm³/mol. The van der Waals surface area contributed by atoms with Crippen LogP contribution in [0.1, 0.15) is 5.82 Å². The van der Waals surface area contributed by atoms with E-state index in [2.05, 4.69) is 20.5 Å². The van der Waals surface area contributed by atoms with E-state index in [1.165, 1.54) is 6.33 Å². The van der Waals surface area contributed by atoms with E-state index in [1.54, 1.807) is 11.6 Å². The molecule has 0 saturated carbocycles. The van der Waals surface area contributed by atoms with Crippen molar-refractivity contribution in [3.63, 3.8) is 0 Å². The molecule has 0 aliphatic carbocycles. The van der Waals surface area contributed by atoms with Crippen molar-refractivity contribution in [2.24, 2.45) is 7.05 Å². The maximum absolute atomic E-state index is 13.3. The molecule has 0 bridgehead atoms. The maximum atomic E-state index is 13.3. The summed E-state index contributed by atoms with van der Waals surface area (Å²) in [5.74, 6) is -1.57. The number of aryl methyl sites for hydroxylation is 1. The minimum absolute atomic E-state index is 0.119. The second-order valence-electron chi connectivity index (χ2n) is 3.40. The SMILES string of the molecule is Cn1cnnc1CNc1nc(N)c(F)cc1F. The van der Waals surface area contributed by atoms with E-state index in [0.717, 1.165) is 0 Å². The molecule has 0 spiro atoms. The lowest BCUT2D eigenvalue weighted by Gasteiger charge is -2.07. The number of aromatic nitrogens is 4. The Morgan fingerprint density at radius 3 is 2.82 bits per heavy atom. The molecule has 6 nitrogen and oxygen atoms in total. The molecule has 0 fully saturated rings.